The van der Waals surface area contributed by atoms with Gasteiger partial charge in [-0.15, -0.1) is 0 Å². The molecule has 0 bridgehead atoms. The smallest absolute Gasteiger partial charge is 0.407 e. The summed E-state index contributed by atoms with van der Waals surface area (Å²) in [7, 11) is 3.08. The van der Waals surface area contributed by atoms with Gasteiger partial charge in [0, 0.05) is 150 Å². The molecule has 0 aromatic carbocycles. The number of rotatable bonds is 24. The molecule has 2 aliphatic carbocycles. The van der Waals surface area contributed by atoms with Gasteiger partial charge in [0.25, 0.3) is 11.8 Å². The third kappa shape index (κ3) is 22.6. The van der Waals surface area contributed by atoms with Crippen molar-refractivity contribution in [3.63, 3.8) is 0 Å². The van der Waals surface area contributed by atoms with Gasteiger partial charge >= 0.3 is 12.2 Å². The van der Waals surface area contributed by atoms with Gasteiger partial charge in [-0.2, -0.15) is 9.97 Å². The fourth-order valence-electron chi connectivity index (χ4n) is 16.2. The van der Waals surface area contributed by atoms with Crippen molar-refractivity contribution in [2.75, 3.05) is 100 Å². The van der Waals surface area contributed by atoms with Gasteiger partial charge < -0.3 is 79.6 Å². The number of ether oxygens (including phenoxy) is 4. The molecule has 4 saturated heterocycles. The van der Waals surface area contributed by atoms with E-state index in [1.54, 1.807) is 51.1 Å². The average Bonchev–Trinajstić information content (AvgIpc) is 1.67. The number of likely N-dealkylation sites (tertiary alicyclic amines) is 2. The van der Waals surface area contributed by atoms with Crippen molar-refractivity contribution in [1.82, 2.24) is 70.1 Å². The molecule has 4 amide bonds. The molecule has 6 aliphatic rings. The molecule has 4 aliphatic heterocycles. The number of fused-ring (bicyclic) bond motifs is 2. The Labute approximate surface area is 636 Å². The summed E-state index contributed by atoms with van der Waals surface area (Å²) in [5, 5.41) is 20.9. The van der Waals surface area contributed by atoms with Crippen molar-refractivity contribution in [1.29, 1.82) is 0 Å². The van der Waals surface area contributed by atoms with Crippen molar-refractivity contribution < 1.29 is 46.9 Å². The molecule has 6 fully saturated rings. The van der Waals surface area contributed by atoms with Crippen LogP contribution >= 0.6 is 0 Å². The van der Waals surface area contributed by atoms with Crippen LogP contribution in [0.4, 0.5) is 53.5 Å². The second-order valence-electron chi connectivity index (χ2n) is 33.2. The lowest BCUT2D eigenvalue weighted by Crippen LogP contribution is -2.46. The molecule has 10 heterocycles. The number of carbonyl (C=O) groups is 4. The number of hydrogen-bond acceptors (Lipinski definition) is 20. The van der Waals surface area contributed by atoms with Crippen molar-refractivity contribution in [3.8, 4) is 0 Å². The van der Waals surface area contributed by atoms with E-state index in [0.717, 1.165) is 138 Å². The van der Waals surface area contributed by atoms with Gasteiger partial charge in [0.05, 0.1) is 47.5 Å². The maximum atomic E-state index is 14.6. The second-order valence-corrected chi connectivity index (χ2v) is 33.2. The zero-order valence-electron chi connectivity index (χ0n) is 65.9. The summed E-state index contributed by atoms with van der Waals surface area (Å²) in [5.74, 6) is 4.51. The Balaban J connectivity index is 0.000000215. The number of pyridine rings is 2. The number of carbonyl (C=O) groups excluding carboxylic acids is 4. The predicted octanol–water partition coefficient (Wildman–Crippen LogP) is 13.5. The molecule has 4 atom stereocenters. The summed E-state index contributed by atoms with van der Waals surface area (Å²) in [6.45, 7) is 27.4. The summed E-state index contributed by atoms with van der Waals surface area (Å²) < 4.78 is 54.7. The van der Waals surface area contributed by atoms with Gasteiger partial charge in [0.15, 0.2) is 0 Å². The van der Waals surface area contributed by atoms with Crippen molar-refractivity contribution >= 4 is 81.0 Å². The Morgan fingerprint density at radius 3 is 1.20 bits per heavy atom. The first-order chi connectivity index (χ1) is 51.7. The summed E-state index contributed by atoms with van der Waals surface area (Å²) >= 11 is 0. The normalized spacial score (nSPS) is 23.1. The number of amides is 4. The Morgan fingerprint density at radius 1 is 0.491 bits per heavy atom. The minimum Gasteiger partial charge on any atom is -0.444 e. The molecule has 2 saturated carbocycles. The van der Waals surface area contributed by atoms with Crippen LogP contribution in [0.3, 0.4) is 0 Å². The third-order valence-corrected chi connectivity index (χ3v) is 22.1. The molecule has 108 heavy (non-hydrogen) atoms. The number of anilines is 6. The Bertz CT molecular complexity index is 3680. The monoisotopic (exact) mass is 1500 g/mol. The van der Waals surface area contributed by atoms with Crippen molar-refractivity contribution in [2.45, 2.75) is 257 Å². The molecular formula is C80H120F2N18O8. The molecule has 6 aromatic heterocycles. The number of aromatic nitrogens is 8. The number of halogens is 2. The van der Waals surface area contributed by atoms with E-state index in [1.165, 1.54) is 25.7 Å². The van der Waals surface area contributed by atoms with E-state index in [4.69, 9.17) is 18.9 Å². The summed E-state index contributed by atoms with van der Waals surface area (Å²) in [6, 6.07) is 8.37. The lowest BCUT2D eigenvalue weighted by atomic mass is 9.83. The van der Waals surface area contributed by atoms with Gasteiger partial charge in [-0.3, -0.25) is 9.59 Å². The van der Waals surface area contributed by atoms with Gasteiger partial charge in [-0.25, -0.2) is 38.3 Å². The minimum atomic E-state index is -1.11. The summed E-state index contributed by atoms with van der Waals surface area (Å²) in [4.78, 5) is 87.7. The van der Waals surface area contributed by atoms with Crippen molar-refractivity contribution in [3.05, 3.63) is 72.6 Å². The van der Waals surface area contributed by atoms with E-state index in [0.29, 0.717) is 84.1 Å². The lowest BCUT2D eigenvalue weighted by Gasteiger charge is -2.33. The number of nitrogens with one attached hydrogen (secondary N) is 6. The summed E-state index contributed by atoms with van der Waals surface area (Å²) in [5.41, 5.74) is 2.12. The SMILES string of the molecule is CO[C@@H]1CCN(c2nccc(Nc3cc4c(cn3)c(C(=O)NC3CCN(CCCC5CCC(NC(=O)OC(C)(C)C)CC5)CC3)cn4C(C)C)n2)C[C@@H]1F.CO[C@H]1CCN(c2nccc(Nc3cc4c(cn3)c(C(=O)NC3CCN(CCCC5CCC(NC(=O)OC(C)(C)C)CC5)CC3)cn4C(C)C)n2)C[C@H]1F. The topological polar surface area (TPSA) is 278 Å². The zero-order chi connectivity index (χ0) is 76.8. The largest absolute Gasteiger partial charge is 0.444 e. The molecule has 0 spiro atoms. The van der Waals surface area contributed by atoms with Crippen LogP contribution in [-0.4, -0.2) is 212 Å². The number of hydrogen-bond donors (Lipinski definition) is 6. The maximum absolute atomic E-state index is 14.6. The predicted molar refractivity (Wildman–Crippen MR) is 418 cm³/mol. The number of alkyl halides is 2. The highest BCUT2D eigenvalue weighted by Crippen LogP contribution is 2.34. The molecule has 0 radical (unpaired) electrons. The lowest BCUT2D eigenvalue weighted by molar-refractivity contribution is 0.0194. The molecule has 26 nitrogen and oxygen atoms in total. The van der Waals surface area contributed by atoms with E-state index in [2.05, 4.69) is 108 Å². The number of piperidine rings is 4. The van der Waals surface area contributed by atoms with E-state index in [9.17, 15) is 28.0 Å². The molecule has 592 valence electrons. The minimum absolute atomic E-state index is 0.0685. The Kier molecular flexibility index (Phi) is 27.8. The van der Waals surface area contributed by atoms with E-state index in [-0.39, 0.29) is 73.3 Å². The Hall–Kier alpha value is -8.08. The number of nitrogens with zero attached hydrogens (tertiary/aromatic N) is 12. The molecular weight excluding hydrogens is 1380 g/mol. The standard InChI is InChI=1S/2C40H60FN9O4/c2*1-26(2)50-24-31(30-23-43-36(22-33(30)50)46-35-13-17-42-38(47-35)49-21-16-34(53-6)32(41)25-49)37(51)44-29-14-19-48(20-15-29)18-7-8-27-9-11-28(12-10-27)45-39(52)54-40(3,4)5/h2*13,17,22-24,26-29,32,34H,7-12,14-16,18-21,25H2,1-6H3,(H,44,51)(H,45,52)(H,42,43,46,47)/t2*27?,28?,32-,34+/m10/s1. The van der Waals surface area contributed by atoms with Crippen LogP contribution in [0.5, 0.6) is 0 Å². The van der Waals surface area contributed by atoms with Crippen molar-refractivity contribution in [2.24, 2.45) is 11.8 Å². The Morgan fingerprint density at radius 2 is 0.861 bits per heavy atom. The van der Waals surface area contributed by atoms with E-state index in [1.807, 2.05) is 75.9 Å². The molecule has 6 N–H and O–H groups in total. The average molecular weight is 1500 g/mol. The van der Waals surface area contributed by atoms with Crippen LogP contribution in [0.2, 0.25) is 0 Å². The quantitative estimate of drug-likeness (QED) is 0.0328. The first-order valence-corrected chi connectivity index (χ1v) is 39.8. The van der Waals surface area contributed by atoms with Crippen LogP contribution in [0.1, 0.15) is 218 Å². The molecule has 0 unspecified atom stereocenters. The fraction of sp³-hybridized carbons (Fsp3) is 0.675. The van der Waals surface area contributed by atoms with E-state index >= 15 is 0 Å². The highest BCUT2D eigenvalue weighted by molar-refractivity contribution is 6.08. The molecule has 12 rings (SSSR count). The second kappa shape index (κ2) is 37.1. The van der Waals surface area contributed by atoms with Crippen LogP contribution in [0.15, 0.2) is 61.4 Å². The van der Waals surface area contributed by atoms with Crippen LogP contribution in [0.25, 0.3) is 21.8 Å². The van der Waals surface area contributed by atoms with Gasteiger partial charge in [0.1, 0.15) is 46.8 Å². The molecule has 6 aromatic rings. The van der Waals surface area contributed by atoms with Crippen LogP contribution in [0, 0.1) is 11.8 Å². The first-order valence-electron chi connectivity index (χ1n) is 39.8. The number of alkyl carbamates (subject to hydrolysis) is 2. The highest BCUT2D eigenvalue weighted by Gasteiger charge is 2.34. The maximum Gasteiger partial charge on any atom is 0.407 e. The summed E-state index contributed by atoms with van der Waals surface area (Å²) in [6.07, 6.45) is 25.4. The van der Waals surface area contributed by atoms with Gasteiger partial charge in [-0.1, -0.05) is 0 Å². The fourth-order valence-corrected chi connectivity index (χ4v) is 16.2. The van der Waals surface area contributed by atoms with E-state index < -0.39 is 35.8 Å². The van der Waals surface area contributed by atoms with Gasteiger partial charge in [0.2, 0.25) is 11.9 Å². The third-order valence-electron chi connectivity index (χ3n) is 22.1. The first kappa shape index (κ1) is 80.9. The van der Waals surface area contributed by atoms with Crippen LogP contribution < -0.4 is 41.7 Å². The van der Waals surface area contributed by atoms with Gasteiger partial charge in [-0.05, 0) is 222 Å². The number of methoxy groups -OCH3 is 2. The zero-order valence-corrected chi connectivity index (χ0v) is 65.9. The van der Waals surface area contributed by atoms with Crippen LogP contribution in [-0.2, 0) is 18.9 Å². The highest BCUT2D eigenvalue weighted by atomic mass is 19.1. The molecule has 28 heteroatoms.